The van der Waals surface area contributed by atoms with Crippen LogP contribution in [0.15, 0.2) is 54.0 Å². The van der Waals surface area contributed by atoms with E-state index < -0.39 is 0 Å². The van der Waals surface area contributed by atoms with Gasteiger partial charge in [-0.05, 0) is 81.3 Å². The lowest BCUT2D eigenvalue weighted by Crippen LogP contribution is -2.21. The standard InChI is InChI=1S/C33H39ClN4O3S/c1-9-24(10-2)42-36-33(39)32-26(15-12-16-41-23-17-20(3)30(34)21(4)18-23)25-13-11-14-27(31(25)37(32)6)29-22(5)38(7)35-28(29)19-40-8/h9-11,13-14,17-18H,1,12,15-16,19H2,2-8H3,(H,36,39)/b24-10+. The molecule has 0 radical (unpaired) electrons. The molecule has 2 aromatic heterocycles. The van der Waals surface area contributed by atoms with Crippen LogP contribution in [0, 0.1) is 20.8 Å². The predicted molar refractivity (Wildman–Crippen MR) is 174 cm³/mol. The summed E-state index contributed by atoms with van der Waals surface area (Å²) in [6.07, 6.45) is 5.03. The maximum atomic E-state index is 13.7. The molecule has 0 aliphatic carbocycles. The van der Waals surface area contributed by atoms with Crippen LogP contribution >= 0.6 is 23.5 Å². The lowest BCUT2D eigenvalue weighted by atomic mass is 9.98. The van der Waals surface area contributed by atoms with Crippen LogP contribution < -0.4 is 9.46 Å². The Bertz CT molecular complexity index is 1640. The first-order chi connectivity index (χ1) is 20.1. The first kappa shape index (κ1) is 31.5. The van der Waals surface area contributed by atoms with Crippen molar-refractivity contribution >= 4 is 40.4 Å². The number of amides is 1. The number of hydrogen-bond donors (Lipinski definition) is 1. The van der Waals surface area contributed by atoms with Crippen LogP contribution in [0.1, 0.15) is 51.9 Å². The summed E-state index contributed by atoms with van der Waals surface area (Å²) < 4.78 is 18.5. The fraction of sp³-hybridized carbons (Fsp3) is 0.333. The van der Waals surface area contributed by atoms with Gasteiger partial charge >= 0.3 is 0 Å². The number of benzene rings is 2. The number of fused-ring (bicyclic) bond motifs is 1. The topological polar surface area (TPSA) is 70.3 Å². The minimum Gasteiger partial charge on any atom is -0.494 e. The molecule has 42 heavy (non-hydrogen) atoms. The maximum Gasteiger partial charge on any atom is 0.278 e. The lowest BCUT2D eigenvalue weighted by Gasteiger charge is -2.11. The first-order valence-electron chi connectivity index (χ1n) is 13.9. The van der Waals surface area contributed by atoms with Gasteiger partial charge in [-0.1, -0.05) is 48.5 Å². The van der Waals surface area contributed by atoms with E-state index in [1.54, 1.807) is 13.2 Å². The summed E-state index contributed by atoms with van der Waals surface area (Å²) in [5, 5.41) is 6.51. The number of aryl methyl sites for hydroxylation is 5. The molecule has 0 saturated carbocycles. The predicted octanol–water partition coefficient (Wildman–Crippen LogP) is 7.78. The molecule has 2 heterocycles. The van der Waals surface area contributed by atoms with Crippen molar-refractivity contribution in [2.75, 3.05) is 13.7 Å². The quantitative estimate of drug-likeness (QED) is 0.101. The van der Waals surface area contributed by atoms with Crippen molar-refractivity contribution < 1.29 is 14.3 Å². The zero-order chi connectivity index (χ0) is 30.6. The van der Waals surface area contributed by atoms with E-state index in [2.05, 4.69) is 30.4 Å². The number of rotatable bonds is 12. The number of halogens is 1. The molecular weight excluding hydrogens is 568 g/mol. The normalized spacial score (nSPS) is 11.8. The summed E-state index contributed by atoms with van der Waals surface area (Å²) in [5.74, 6) is 0.635. The highest BCUT2D eigenvalue weighted by molar-refractivity contribution is 8.01. The van der Waals surface area contributed by atoms with Crippen LogP contribution in [0.25, 0.3) is 22.0 Å². The van der Waals surface area contributed by atoms with Crippen molar-refractivity contribution in [3.8, 4) is 16.9 Å². The number of ether oxygens (including phenoxy) is 2. The third-order valence-electron chi connectivity index (χ3n) is 7.49. The van der Waals surface area contributed by atoms with Gasteiger partial charge in [0, 0.05) is 53.3 Å². The van der Waals surface area contributed by atoms with E-state index in [-0.39, 0.29) is 5.91 Å². The van der Waals surface area contributed by atoms with Gasteiger partial charge in [0.15, 0.2) is 0 Å². The number of aromatic nitrogens is 3. The average molecular weight is 607 g/mol. The Hall–Kier alpha value is -3.46. The van der Waals surface area contributed by atoms with E-state index in [1.165, 1.54) is 11.9 Å². The molecule has 0 unspecified atom stereocenters. The molecule has 222 valence electrons. The number of carbonyl (C=O) groups excluding carboxylic acids is 1. The number of hydrogen-bond acceptors (Lipinski definition) is 5. The fourth-order valence-corrected chi connectivity index (χ4v) is 6.02. The highest BCUT2D eigenvalue weighted by atomic mass is 35.5. The molecule has 4 rings (SSSR count). The van der Waals surface area contributed by atoms with Crippen molar-refractivity contribution in [3.05, 3.63) is 92.8 Å². The van der Waals surface area contributed by atoms with Gasteiger partial charge in [0.25, 0.3) is 5.91 Å². The van der Waals surface area contributed by atoms with Crippen molar-refractivity contribution in [1.29, 1.82) is 0 Å². The van der Waals surface area contributed by atoms with Gasteiger partial charge in [0.05, 0.1) is 24.4 Å². The third kappa shape index (κ3) is 6.31. The van der Waals surface area contributed by atoms with E-state index in [4.69, 9.17) is 26.2 Å². The molecule has 2 aromatic carbocycles. The SMILES string of the molecule is C=C/C(=C\C)SNC(=O)c1c(CCCOc2cc(C)c(Cl)c(C)c2)c2cccc(-c3c(COC)nn(C)c3C)c2n1C. The van der Waals surface area contributed by atoms with E-state index in [0.29, 0.717) is 25.3 Å². The van der Waals surface area contributed by atoms with Crippen LogP contribution in [0.4, 0.5) is 0 Å². The Morgan fingerprint density at radius 1 is 1.19 bits per heavy atom. The fourth-order valence-electron chi connectivity index (χ4n) is 5.40. The Balaban J connectivity index is 1.75. The van der Waals surface area contributed by atoms with Gasteiger partial charge in [-0.2, -0.15) is 5.10 Å². The monoisotopic (exact) mass is 606 g/mol. The van der Waals surface area contributed by atoms with Crippen LogP contribution in [-0.4, -0.2) is 34.0 Å². The number of carbonyl (C=O) groups is 1. The van der Waals surface area contributed by atoms with E-state index >= 15 is 0 Å². The molecule has 1 N–H and O–H groups in total. The second kappa shape index (κ2) is 13.7. The number of nitrogens with zero attached hydrogens (tertiary/aromatic N) is 3. The molecule has 4 aromatic rings. The first-order valence-corrected chi connectivity index (χ1v) is 15.1. The summed E-state index contributed by atoms with van der Waals surface area (Å²) in [6, 6.07) is 10.2. The van der Waals surface area contributed by atoms with Gasteiger partial charge in [-0.15, -0.1) is 0 Å². The van der Waals surface area contributed by atoms with Crippen molar-refractivity contribution in [3.63, 3.8) is 0 Å². The van der Waals surface area contributed by atoms with Crippen LogP contribution in [0.3, 0.4) is 0 Å². The Morgan fingerprint density at radius 3 is 2.55 bits per heavy atom. The van der Waals surface area contributed by atoms with Gasteiger partial charge in [0.2, 0.25) is 0 Å². The van der Waals surface area contributed by atoms with E-state index in [1.807, 2.05) is 68.4 Å². The highest BCUT2D eigenvalue weighted by Crippen LogP contribution is 2.38. The molecule has 1 amide bonds. The van der Waals surface area contributed by atoms with Crippen molar-refractivity contribution in [2.45, 2.75) is 47.1 Å². The minimum absolute atomic E-state index is 0.161. The van der Waals surface area contributed by atoms with Crippen LogP contribution in [-0.2, 0) is 31.9 Å². The zero-order valence-corrected chi connectivity index (χ0v) is 27.0. The summed E-state index contributed by atoms with van der Waals surface area (Å²) in [4.78, 5) is 14.6. The van der Waals surface area contributed by atoms with Gasteiger partial charge in [-0.3, -0.25) is 14.2 Å². The molecule has 9 heteroatoms. The number of para-hydroxylation sites is 1. The summed E-state index contributed by atoms with van der Waals surface area (Å²) in [6.45, 7) is 12.7. The molecule has 7 nitrogen and oxygen atoms in total. The molecule has 0 atom stereocenters. The molecule has 0 aliphatic rings. The molecular formula is C33H39ClN4O3S. The van der Waals surface area contributed by atoms with Gasteiger partial charge in [0.1, 0.15) is 11.4 Å². The van der Waals surface area contributed by atoms with E-state index in [9.17, 15) is 4.79 Å². The summed E-state index contributed by atoms with van der Waals surface area (Å²) >= 11 is 7.60. The number of allylic oxidation sites excluding steroid dienone is 2. The van der Waals surface area contributed by atoms with E-state index in [0.717, 1.165) is 72.2 Å². The third-order valence-corrected chi connectivity index (χ3v) is 9.01. The Kier molecular flexibility index (Phi) is 10.2. The summed E-state index contributed by atoms with van der Waals surface area (Å²) in [5.41, 5.74) is 8.50. The highest BCUT2D eigenvalue weighted by Gasteiger charge is 2.25. The van der Waals surface area contributed by atoms with Crippen LogP contribution in [0.2, 0.25) is 5.02 Å². The second-order valence-corrected chi connectivity index (χ2v) is 11.6. The maximum absolute atomic E-state index is 13.7. The van der Waals surface area contributed by atoms with Crippen molar-refractivity contribution in [1.82, 2.24) is 19.1 Å². The molecule has 0 fully saturated rings. The van der Waals surface area contributed by atoms with Gasteiger partial charge in [-0.25, -0.2) is 0 Å². The van der Waals surface area contributed by atoms with Gasteiger partial charge < -0.3 is 14.0 Å². The lowest BCUT2D eigenvalue weighted by molar-refractivity contribution is 0.0976. The average Bonchev–Trinajstić information content (AvgIpc) is 3.41. The molecule has 0 aliphatic heterocycles. The number of methoxy groups -OCH3 is 1. The summed E-state index contributed by atoms with van der Waals surface area (Å²) in [7, 11) is 5.56. The minimum atomic E-state index is -0.161. The second-order valence-electron chi connectivity index (χ2n) is 10.3. The Labute approximate surface area is 257 Å². The smallest absolute Gasteiger partial charge is 0.278 e. The zero-order valence-electron chi connectivity index (χ0n) is 25.4. The van der Waals surface area contributed by atoms with Crippen LogP contribution in [0.5, 0.6) is 5.75 Å². The number of nitrogens with one attached hydrogen (secondary N) is 1. The molecule has 0 spiro atoms. The molecule has 0 bridgehead atoms. The molecule has 0 saturated heterocycles. The van der Waals surface area contributed by atoms with Crippen molar-refractivity contribution in [2.24, 2.45) is 14.1 Å². The Morgan fingerprint density at radius 2 is 1.90 bits per heavy atom. The largest absolute Gasteiger partial charge is 0.494 e.